The topological polar surface area (TPSA) is 157 Å². The van der Waals surface area contributed by atoms with Crippen molar-refractivity contribution < 1.29 is 0 Å². The lowest BCUT2D eigenvalue weighted by Crippen LogP contribution is -2.13. The van der Waals surface area contributed by atoms with Gasteiger partial charge < -0.3 is 9.13 Å². The van der Waals surface area contributed by atoms with E-state index in [1.165, 1.54) is 0 Å². The van der Waals surface area contributed by atoms with Gasteiger partial charge in [0.2, 0.25) is 0 Å². The molecule has 11 heteroatoms. The van der Waals surface area contributed by atoms with E-state index < -0.39 is 0 Å². The summed E-state index contributed by atoms with van der Waals surface area (Å²) in [5.74, 6) is 1.88. The van der Waals surface area contributed by atoms with Gasteiger partial charge in [-0.1, -0.05) is 78.4 Å². The summed E-state index contributed by atoms with van der Waals surface area (Å²) in [5.41, 5.74) is 3.93. The SMILES string of the molecule is CCCCC(CC)Cn1c(C=Cc2ccc(C=Cc3nc(C#N)c(C#N)n3CC(CC)CCCC)c3nsnc23)nc(C#N)c1C#N. The van der Waals surface area contributed by atoms with Crippen molar-refractivity contribution in [1.29, 1.82) is 21.0 Å². The van der Waals surface area contributed by atoms with E-state index in [-0.39, 0.29) is 22.8 Å². The highest BCUT2D eigenvalue weighted by Gasteiger charge is 2.20. The fourth-order valence-electron chi connectivity index (χ4n) is 5.80. The van der Waals surface area contributed by atoms with Crippen LogP contribution in [0.1, 0.15) is 125 Å². The molecule has 0 aliphatic rings. The Bertz CT molecular complexity index is 1780. The molecular weight excluding hydrogens is 605 g/mol. The molecule has 0 aliphatic carbocycles. The Morgan fingerprint density at radius 1 is 0.660 bits per heavy atom. The summed E-state index contributed by atoms with van der Waals surface area (Å²) in [5, 5.41) is 39.1. The number of nitrogens with zero attached hydrogens (tertiary/aromatic N) is 10. The number of unbranched alkanes of at least 4 members (excludes halogenated alkanes) is 2. The first kappa shape index (κ1) is 34.8. The molecule has 0 amide bonds. The molecule has 47 heavy (non-hydrogen) atoms. The van der Waals surface area contributed by atoms with Gasteiger partial charge in [0.05, 0.1) is 11.7 Å². The molecule has 3 aromatic heterocycles. The van der Waals surface area contributed by atoms with Gasteiger partial charge >= 0.3 is 0 Å². The van der Waals surface area contributed by atoms with Crippen LogP contribution in [-0.2, 0) is 13.1 Å². The maximum Gasteiger partial charge on any atom is 0.177 e. The van der Waals surface area contributed by atoms with Crippen LogP contribution in [0.3, 0.4) is 0 Å². The third-order valence-electron chi connectivity index (χ3n) is 8.69. The van der Waals surface area contributed by atoms with E-state index in [0.717, 1.165) is 74.2 Å². The van der Waals surface area contributed by atoms with Gasteiger partial charge in [-0.25, -0.2) is 9.97 Å². The molecule has 2 unspecified atom stereocenters. The van der Waals surface area contributed by atoms with Crippen molar-refractivity contribution in [1.82, 2.24) is 27.8 Å². The van der Waals surface area contributed by atoms with Gasteiger partial charge in [-0.15, -0.1) is 0 Å². The van der Waals surface area contributed by atoms with Crippen molar-refractivity contribution in [2.24, 2.45) is 11.8 Å². The number of imidazole rings is 2. The van der Waals surface area contributed by atoms with Gasteiger partial charge in [-0.05, 0) is 49.0 Å². The molecule has 4 aromatic rings. The first-order valence-electron chi connectivity index (χ1n) is 16.4. The number of nitriles is 4. The molecule has 240 valence electrons. The number of rotatable bonds is 16. The van der Waals surface area contributed by atoms with E-state index in [2.05, 4.69) is 70.7 Å². The molecule has 0 saturated heterocycles. The molecule has 4 rings (SSSR count). The van der Waals surface area contributed by atoms with E-state index in [4.69, 9.17) is 0 Å². The Balaban J connectivity index is 1.68. The second kappa shape index (κ2) is 17.0. The van der Waals surface area contributed by atoms with Gasteiger partial charge in [0.1, 0.15) is 47.0 Å². The summed E-state index contributed by atoms with van der Waals surface area (Å²) in [4.78, 5) is 9.00. The number of hydrogen-bond donors (Lipinski definition) is 0. The van der Waals surface area contributed by atoms with Crippen LogP contribution >= 0.6 is 11.7 Å². The van der Waals surface area contributed by atoms with Crippen LogP contribution in [0.5, 0.6) is 0 Å². The van der Waals surface area contributed by atoms with Gasteiger partial charge in [0.15, 0.2) is 22.8 Å². The van der Waals surface area contributed by atoms with E-state index in [1.807, 2.05) is 45.6 Å². The Morgan fingerprint density at radius 3 is 1.43 bits per heavy atom. The first-order chi connectivity index (χ1) is 23.0. The predicted octanol–water partition coefficient (Wildman–Crippen LogP) is 8.34. The summed E-state index contributed by atoms with van der Waals surface area (Å²) < 4.78 is 12.9. The van der Waals surface area contributed by atoms with E-state index in [1.54, 1.807) is 0 Å². The maximum atomic E-state index is 9.87. The Kier molecular flexibility index (Phi) is 12.6. The van der Waals surface area contributed by atoms with E-state index in [0.29, 0.717) is 47.6 Å². The monoisotopic (exact) mass is 644 g/mol. The Hall–Kier alpha value is -5.10. The van der Waals surface area contributed by atoms with E-state index in [9.17, 15) is 21.0 Å². The van der Waals surface area contributed by atoms with Crippen LogP contribution < -0.4 is 0 Å². The fourth-order valence-corrected chi connectivity index (χ4v) is 6.39. The average Bonchev–Trinajstić information content (AvgIpc) is 3.82. The quantitative estimate of drug-likeness (QED) is 0.118. The minimum absolute atomic E-state index is 0.131. The number of fused-ring (bicyclic) bond motifs is 1. The molecule has 0 spiro atoms. The smallest absolute Gasteiger partial charge is 0.177 e. The summed E-state index contributed by atoms with van der Waals surface area (Å²) in [6.45, 7) is 9.89. The van der Waals surface area contributed by atoms with E-state index >= 15 is 0 Å². The molecule has 1 aromatic carbocycles. The Labute approximate surface area is 281 Å². The zero-order valence-electron chi connectivity index (χ0n) is 27.6. The average molecular weight is 645 g/mol. The largest absolute Gasteiger partial charge is 0.315 e. The highest BCUT2D eigenvalue weighted by molar-refractivity contribution is 7.00. The molecule has 2 atom stereocenters. The normalized spacial score (nSPS) is 12.7. The van der Waals surface area contributed by atoms with Crippen molar-refractivity contribution in [3.63, 3.8) is 0 Å². The first-order valence-corrected chi connectivity index (χ1v) is 17.1. The predicted molar refractivity (Wildman–Crippen MR) is 185 cm³/mol. The summed E-state index contributed by atoms with van der Waals surface area (Å²) in [7, 11) is 0. The molecular formula is C36H40N10S. The van der Waals surface area contributed by atoms with Crippen LogP contribution in [0.2, 0.25) is 0 Å². The second-order valence-electron chi connectivity index (χ2n) is 11.7. The molecule has 0 N–H and O–H groups in total. The third kappa shape index (κ3) is 8.01. The van der Waals surface area contributed by atoms with Crippen molar-refractivity contribution in [2.45, 2.75) is 92.2 Å². The van der Waals surface area contributed by atoms with Crippen LogP contribution in [0.25, 0.3) is 35.3 Å². The molecule has 0 bridgehead atoms. The van der Waals surface area contributed by atoms with Crippen LogP contribution in [-0.4, -0.2) is 27.8 Å². The molecule has 0 saturated carbocycles. The Morgan fingerprint density at radius 2 is 1.09 bits per heavy atom. The second-order valence-corrected chi connectivity index (χ2v) is 12.2. The number of hydrogen-bond acceptors (Lipinski definition) is 9. The maximum absolute atomic E-state index is 9.87. The van der Waals surface area contributed by atoms with Crippen molar-refractivity contribution in [3.05, 3.63) is 57.7 Å². The zero-order valence-corrected chi connectivity index (χ0v) is 28.4. The fraction of sp³-hybridized carbons (Fsp3) is 0.444. The summed E-state index contributed by atoms with van der Waals surface area (Å²) in [6, 6.07) is 12.4. The summed E-state index contributed by atoms with van der Waals surface area (Å²) >= 11 is 1.11. The molecule has 3 heterocycles. The van der Waals surface area contributed by atoms with Crippen LogP contribution in [0.15, 0.2) is 12.1 Å². The van der Waals surface area contributed by atoms with Crippen LogP contribution in [0, 0.1) is 57.2 Å². The highest BCUT2D eigenvalue weighted by atomic mass is 32.1. The minimum Gasteiger partial charge on any atom is -0.315 e. The van der Waals surface area contributed by atoms with Gasteiger partial charge in [0, 0.05) is 24.2 Å². The van der Waals surface area contributed by atoms with Gasteiger partial charge in [0.25, 0.3) is 0 Å². The molecule has 0 radical (unpaired) electrons. The van der Waals surface area contributed by atoms with Gasteiger partial charge in [-0.2, -0.15) is 29.8 Å². The molecule has 0 aliphatic heterocycles. The molecule has 10 nitrogen and oxygen atoms in total. The summed E-state index contributed by atoms with van der Waals surface area (Å²) in [6.07, 6.45) is 16.0. The lowest BCUT2D eigenvalue weighted by molar-refractivity contribution is 0.388. The number of benzene rings is 1. The third-order valence-corrected chi connectivity index (χ3v) is 9.22. The minimum atomic E-state index is 0.131. The number of aromatic nitrogens is 6. The lowest BCUT2D eigenvalue weighted by Gasteiger charge is -2.17. The van der Waals surface area contributed by atoms with Crippen LogP contribution in [0.4, 0.5) is 0 Å². The lowest BCUT2D eigenvalue weighted by atomic mass is 9.99. The molecule has 0 fully saturated rings. The van der Waals surface area contributed by atoms with Crippen molar-refractivity contribution >= 4 is 47.1 Å². The van der Waals surface area contributed by atoms with Crippen molar-refractivity contribution in [3.8, 4) is 24.3 Å². The standard InChI is InChI=1S/C36H40N10S/c1-5-9-11-25(7-3)23-45-31(21-39)29(19-37)41-33(45)17-15-27-13-14-28(36-35(27)43-47-44-36)16-18-34-42-30(20-38)32(22-40)46(34)24-26(8-4)12-10-6-2/h13-18,25-26H,5-12,23-24H2,1-4H3. The van der Waals surface area contributed by atoms with Crippen molar-refractivity contribution in [2.75, 3.05) is 0 Å². The highest BCUT2D eigenvalue weighted by Crippen LogP contribution is 2.27. The van der Waals surface area contributed by atoms with Gasteiger partial charge in [-0.3, -0.25) is 0 Å². The zero-order chi connectivity index (χ0) is 33.8.